The van der Waals surface area contributed by atoms with Crippen LogP contribution < -0.4 is 5.73 Å². The molecule has 0 spiro atoms. The highest BCUT2D eigenvalue weighted by Crippen LogP contribution is 1.33. The van der Waals surface area contributed by atoms with Gasteiger partial charge in [-0.05, 0) is 0 Å². The highest BCUT2D eigenvalue weighted by atomic mass is 32.2. The summed E-state index contributed by atoms with van der Waals surface area (Å²) >= 11 is 0. The van der Waals surface area contributed by atoms with Crippen molar-refractivity contribution in [3.63, 3.8) is 0 Å². The van der Waals surface area contributed by atoms with E-state index in [1.807, 2.05) is 0 Å². The predicted octanol–water partition coefficient (Wildman–Crippen LogP) is -1.28. The second-order valence-corrected chi connectivity index (χ2v) is 1.93. The van der Waals surface area contributed by atoms with Crippen molar-refractivity contribution in [1.82, 2.24) is 0 Å². The van der Waals surface area contributed by atoms with E-state index in [1.54, 1.807) is 0 Å². The summed E-state index contributed by atoms with van der Waals surface area (Å²) in [7, 11) is -2.12. The molecule has 4 nitrogen and oxygen atoms in total. The zero-order valence-corrected chi connectivity index (χ0v) is 5.64. The number of thiol groups is 1. The monoisotopic (exact) mass is 139 g/mol. The minimum Gasteiger partial charge on any atom is -0.370 e. The first-order valence-electron chi connectivity index (χ1n) is 1.81. The van der Waals surface area contributed by atoms with E-state index < -0.39 is 10.7 Å². The van der Waals surface area contributed by atoms with Gasteiger partial charge in [-0.15, -0.1) is 0 Å². The van der Waals surface area contributed by atoms with Crippen LogP contribution in [0.5, 0.6) is 0 Å². The van der Waals surface area contributed by atoms with Crippen molar-refractivity contribution in [2.45, 2.75) is 6.92 Å². The summed E-state index contributed by atoms with van der Waals surface area (Å²) in [4.78, 5) is 9.22. The van der Waals surface area contributed by atoms with Gasteiger partial charge in [-0.25, -0.2) is 8.42 Å². The Morgan fingerprint density at radius 3 is 1.50 bits per heavy atom. The van der Waals surface area contributed by atoms with Crippen LogP contribution in [-0.2, 0) is 15.5 Å². The quantitative estimate of drug-likeness (QED) is 0.410. The molecule has 0 aliphatic carbocycles. The molecule has 0 bridgehead atoms. The topological polar surface area (TPSA) is 77.2 Å². The first-order valence-corrected chi connectivity index (χ1v) is 3.43. The minimum atomic E-state index is -2.12. The van der Waals surface area contributed by atoms with Gasteiger partial charge in [-0.2, -0.15) is 0 Å². The summed E-state index contributed by atoms with van der Waals surface area (Å²) < 4.78 is 18.1. The lowest BCUT2D eigenvalue weighted by atomic mass is 10.8. The molecule has 0 fully saturated rings. The van der Waals surface area contributed by atoms with Crippen LogP contribution in [0.25, 0.3) is 0 Å². The largest absolute Gasteiger partial charge is 0.370 e. The molecular formula is C3H9NO3S. The molecule has 50 valence electrons. The molecule has 0 atom stereocenters. The first-order chi connectivity index (χ1) is 3.46. The lowest BCUT2D eigenvalue weighted by molar-refractivity contribution is -0.115. The SMILES string of the molecule is CC(N)=O.C[SH](=O)=O. The predicted molar refractivity (Wildman–Crippen MR) is 31.1 cm³/mol. The highest BCUT2D eigenvalue weighted by molar-refractivity contribution is 7.71. The Kier molecular flexibility index (Phi) is 8.35. The van der Waals surface area contributed by atoms with Crippen LogP contribution >= 0.6 is 0 Å². The van der Waals surface area contributed by atoms with E-state index >= 15 is 0 Å². The van der Waals surface area contributed by atoms with Crippen LogP contribution in [0.15, 0.2) is 0 Å². The fourth-order valence-electron chi connectivity index (χ4n) is 0. The van der Waals surface area contributed by atoms with Crippen molar-refractivity contribution in [3.05, 3.63) is 0 Å². The van der Waals surface area contributed by atoms with E-state index in [-0.39, 0.29) is 5.91 Å². The Morgan fingerprint density at radius 1 is 1.50 bits per heavy atom. The summed E-state index contributed by atoms with van der Waals surface area (Å²) in [5, 5.41) is 0. The maximum atomic E-state index is 9.22. The minimum absolute atomic E-state index is 0.333. The molecule has 0 aromatic carbocycles. The van der Waals surface area contributed by atoms with E-state index in [2.05, 4.69) is 5.73 Å². The number of carbonyl (C=O) groups is 1. The fourth-order valence-corrected chi connectivity index (χ4v) is 0. The average molecular weight is 139 g/mol. The third-order valence-corrected chi connectivity index (χ3v) is 0. The Labute approximate surface area is 49.6 Å². The van der Waals surface area contributed by atoms with Gasteiger partial charge in [-0.3, -0.25) is 4.79 Å². The third-order valence-electron chi connectivity index (χ3n) is 0. The number of amides is 1. The van der Waals surface area contributed by atoms with E-state index in [0.29, 0.717) is 0 Å². The molecule has 0 rings (SSSR count). The number of carbonyl (C=O) groups excluding carboxylic acids is 1. The van der Waals surface area contributed by atoms with Gasteiger partial charge < -0.3 is 5.73 Å². The Morgan fingerprint density at radius 2 is 1.50 bits per heavy atom. The Hall–Kier alpha value is -0.580. The summed E-state index contributed by atoms with van der Waals surface area (Å²) in [6.45, 7) is 1.31. The van der Waals surface area contributed by atoms with E-state index in [4.69, 9.17) is 8.42 Å². The second-order valence-electron chi connectivity index (χ2n) is 1.05. The van der Waals surface area contributed by atoms with Gasteiger partial charge in [0.05, 0.1) is 0 Å². The molecule has 0 aliphatic rings. The Balaban J connectivity index is 0. The normalized spacial score (nSPS) is 7.38. The molecule has 8 heavy (non-hydrogen) atoms. The van der Waals surface area contributed by atoms with Crippen molar-refractivity contribution < 1.29 is 13.2 Å². The maximum absolute atomic E-state index is 9.22. The van der Waals surface area contributed by atoms with Crippen LogP contribution in [0.1, 0.15) is 6.92 Å². The van der Waals surface area contributed by atoms with Crippen molar-refractivity contribution in [3.8, 4) is 0 Å². The summed E-state index contributed by atoms with van der Waals surface area (Å²) in [5.41, 5.74) is 4.47. The third kappa shape index (κ3) is 315. The van der Waals surface area contributed by atoms with Crippen LogP contribution in [0, 0.1) is 0 Å². The van der Waals surface area contributed by atoms with E-state index in [0.717, 1.165) is 6.26 Å². The smallest absolute Gasteiger partial charge is 0.214 e. The van der Waals surface area contributed by atoms with Gasteiger partial charge in [0.15, 0.2) is 0 Å². The maximum Gasteiger partial charge on any atom is 0.214 e. The number of rotatable bonds is 0. The van der Waals surface area contributed by atoms with E-state index in [1.165, 1.54) is 6.92 Å². The first kappa shape index (κ1) is 10.4. The van der Waals surface area contributed by atoms with Crippen LogP contribution in [0.2, 0.25) is 0 Å². The number of nitrogens with two attached hydrogens (primary N) is 1. The lowest BCUT2D eigenvalue weighted by Gasteiger charge is -1.60. The standard InChI is InChI=1S/C2H5NO.CH4O2S/c1-2(3)4;1-4(2)3/h1H3,(H2,3,4);4H,1H3. The number of hydrogen-bond donors (Lipinski definition) is 2. The van der Waals surface area contributed by atoms with Gasteiger partial charge in [-0.1, -0.05) is 0 Å². The van der Waals surface area contributed by atoms with Gasteiger partial charge in [0, 0.05) is 13.2 Å². The van der Waals surface area contributed by atoms with Crippen molar-refractivity contribution in [1.29, 1.82) is 0 Å². The van der Waals surface area contributed by atoms with Crippen molar-refractivity contribution in [2.24, 2.45) is 5.73 Å². The van der Waals surface area contributed by atoms with Crippen LogP contribution in [0.3, 0.4) is 0 Å². The molecule has 2 N–H and O–H groups in total. The lowest BCUT2D eigenvalue weighted by Crippen LogP contribution is -2.01. The van der Waals surface area contributed by atoms with E-state index in [9.17, 15) is 4.79 Å². The zero-order chi connectivity index (χ0) is 7.15. The molecule has 0 aliphatic heterocycles. The second kappa shape index (κ2) is 6.42. The van der Waals surface area contributed by atoms with Crippen molar-refractivity contribution >= 4 is 16.6 Å². The molecule has 0 unspecified atom stereocenters. The van der Waals surface area contributed by atoms with Gasteiger partial charge >= 0.3 is 0 Å². The molecular weight excluding hydrogens is 130 g/mol. The molecule has 0 saturated carbocycles. The molecule has 0 saturated heterocycles. The molecule has 0 aromatic rings. The molecule has 1 amide bonds. The van der Waals surface area contributed by atoms with Crippen LogP contribution in [-0.4, -0.2) is 20.6 Å². The van der Waals surface area contributed by atoms with Gasteiger partial charge in [0.25, 0.3) is 0 Å². The van der Waals surface area contributed by atoms with Crippen molar-refractivity contribution in [2.75, 3.05) is 6.26 Å². The molecule has 0 radical (unpaired) electrons. The molecule has 0 aromatic heterocycles. The zero-order valence-electron chi connectivity index (χ0n) is 4.75. The van der Waals surface area contributed by atoms with Gasteiger partial charge in [0.2, 0.25) is 5.91 Å². The Bertz CT molecular complexity index is 116. The fraction of sp³-hybridized carbons (Fsp3) is 0.667. The number of primary amides is 1. The van der Waals surface area contributed by atoms with Crippen LogP contribution in [0.4, 0.5) is 0 Å². The van der Waals surface area contributed by atoms with Gasteiger partial charge in [0.1, 0.15) is 10.7 Å². The highest BCUT2D eigenvalue weighted by Gasteiger charge is 1.61. The molecule has 5 heteroatoms. The molecule has 0 heterocycles. The summed E-state index contributed by atoms with van der Waals surface area (Å²) in [5.74, 6) is -0.333. The number of hydrogen-bond acceptors (Lipinski definition) is 3. The summed E-state index contributed by atoms with van der Waals surface area (Å²) in [6, 6.07) is 0. The summed E-state index contributed by atoms with van der Waals surface area (Å²) in [6.07, 6.45) is 1.12. The average Bonchev–Trinajstić information content (AvgIpc) is 1.25.